The van der Waals surface area contributed by atoms with Crippen molar-refractivity contribution in [3.63, 3.8) is 0 Å². The van der Waals surface area contributed by atoms with Crippen LogP contribution in [0.15, 0.2) is 66.7 Å². The van der Waals surface area contributed by atoms with E-state index in [0.29, 0.717) is 0 Å². The van der Waals surface area contributed by atoms with Crippen LogP contribution in [0.5, 0.6) is 5.75 Å². The molecule has 3 amide bonds. The first kappa shape index (κ1) is 17.1. The topological polar surface area (TPSA) is 58.6 Å². The van der Waals surface area contributed by atoms with E-state index < -0.39 is 5.54 Å². The Morgan fingerprint density at radius 1 is 0.963 bits per heavy atom. The summed E-state index contributed by atoms with van der Waals surface area (Å²) in [5.41, 5.74) is 0.588. The molecule has 0 bridgehead atoms. The zero-order chi connectivity index (χ0) is 19.0. The average molecular weight is 360 g/mol. The van der Waals surface area contributed by atoms with Gasteiger partial charge in [0.25, 0.3) is 5.91 Å². The van der Waals surface area contributed by atoms with Gasteiger partial charge in [0.2, 0.25) is 0 Å². The van der Waals surface area contributed by atoms with Crippen LogP contribution in [0, 0.1) is 0 Å². The summed E-state index contributed by atoms with van der Waals surface area (Å²) in [5, 5.41) is 4.86. The van der Waals surface area contributed by atoms with Gasteiger partial charge < -0.3 is 10.1 Å². The van der Waals surface area contributed by atoms with Gasteiger partial charge in [-0.2, -0.15) is 0 Å². The van der Waals surface area contributed by atoms with Crippen LogP contribution in [-0.2, 0) is 16.9 Å². The van der Waals surface area contributed by atoms with Gasteiger partial charge in [-0.3, -0.25) is 9.69 Å². The van der Waals surface area contributed by atoms with Crippen LogP contribution in [-0.4, -0.2) is 23.9 Å². The fraction of sp³-hybridized carbons (Fsp3) is 0.182. The Balaban J connectivity index is 1.67. The molecule has 0 saturated carbocycles. The normalized spacial score (nSPS) is 19.4. The number of hydrogen-bond donors (Lipinski definition) is 1. The second-order valence-electron chi connectivity index (χ2n) is 6.86. The Morgan fingerprint density at radius 2 is 1.67 bits per heavy atom. The standard InChI is InChI=1S/C22H20N2O3/c1-22(18-10-8-17-13-19(27-2)11-9-16(17)12-18)20(25)24(21(26)23-22)14-15-6-4-3-5-7-15/h3-13H,14H2,1-2H3,(H,23,26). The van der Waals surface area contributed by atoms with Crippen LogP contribution in [0.1, 0.15) is 18.1 Å². The number of methoxy groups -OCH3 is 1. The largest absolute Gasteiger partial charge is 0.497 e. The van der Waals surface area contributed by atoms with E-state index in [9.17, 15) is 9.59 Å². The van der Waals surface area contributed by atoms with E-state index in [1.165, 1.54) is 4.90 Å². The Hall–Kier alpha value is -3.34. The zero-order valence-electron chi connectivity index (χ0n) is 15.2. The number of carbonyl (C=O) groups is 2. The summed E-state index contributed by atoms with van der Waals surface area (Å²) in [6, 6.07) is 20.7. The minimum atomic E-state index is -1.08. The number of amides is 3. The summed E-state index contributed by atoms with van der Waals surface area (Å²) in [6.07, 6.45) is 0. The lowest BCUT2D eigenvalue weighted by Crippen LogP contribution is -2.40. The minimum Gasteiger partial charge on any atom is -0.497 e. The van der Waals surface area contributed by atoms with Crippen molar-refractivity contribution in [3.8, 4) is 5.75 Å². The maximum absolute atomic E-state index is 13.1. The highest BCUT2D eigenvalue weighted by Crippen LogP contribution is 2.32. The lowest BCUT2D eigenvalue weighted by Gasteiger charge is -2.23. The molecular formula is C22H20N2O3. The molecule has 1 N–H and O–H groups in total. The van der Waals surface area contributed by atoms with Gasteiger partial charge in [-0.25, -0.2) is 4.79 Å². The summed E-state index contributed by atoms with van der Waals surface area (Å²) in [5.74, 6) is 0.532. The fourth-order valence-corrected chi connectivity index (χ4v) is 3.46. The number of nitrogens with one attached hydrogen (secondary N) is 1. The van der Waals surface area contributed by atoms with E-state index in [1.807, 2.05) is 66.7 Å². The Labute approximate surface area is 157 Å². The van der Waals surface area contributed by atoms with E-state index in [-0.39, 0.29) is 18.5 Å². The third-order valence-electron chi connectivity index (χ3n) is 5.08. The maximum atomic E-state index is 13.1. The van der Waals surface area contributed by atoms with Crippen molar-refractivity contribution in [2.45, 2.75) is 19.0 Å². The second kappa shape index (κ2) is 6.43. The van der Waals surface area contributed by atoms with Gasteiger partial charge in [0.1, 0.15) is 11.3 Å². The second-order valence-corrected chi connectivity index (χ2v) is 6.86. The van der Waals surface area contributed by atoms with Crippen molar-refractivity contribution in [1.82, 2.24) is 10.2 Å². The third kappa shape index (κ3) is 2.91. The maximum Gasteiger partial charge on any atom is 0.325 e. The number of hydrogen-bond acceptors (Lipinski definition) is 3. The Morgan fingerprint density at radius 3 is 2.41 bits per heavy atom. The number of rotatable bonds is 4. The van der Waals surface area contributed by atoms with Crippen molar-refractivity contribution in [2.24, 2.45) is 0 Å². The Bertz CT molecular complexity index is 1030. The van der Waals surface area contributed by atoms with Crippen LogP contribution < -0.4 is 10.1 Å². The van der Waals surface area contributed by atoms with Crippen LogP contribution in [0.4, 0.5) is 4.79 Å². The molecule has 5 nitrogen and oxygen atoms in total. The van der Waals surface area contributed by atoms with E-state index >= 15 is 0 Å². The molecule has 27 heavy (non-hydrogen) atoms. The molecule has 1 fully saturated rings. The van der Waals surface area contributed by atoms with E-state index in [1.54, 1.807) is 14.0 Å². The molecule has 0 aromatic heterocycles. The Kier molecular flexibility index (Phi) is 4.07. The number of nitrogens with zero attached hydrogens (tertiary/aromatic N) is 1. The molecule has 0 aliphatic carbocycles. The predicted molar refractivity (Wildman–Crippen MR) is 103 cm³/mol. The molecular weight excluding hydrogens is 340 g/mol. The van der Waals surface area contributed by atoms with Crippen LogP contribution in [0.3, 0.4) is 0 Å². The van der Waals surface area contributed by atoms with Crippen molar-refractivity contribution in [2.75, 3.05) is 7.11 Å². The summed E-state index contributed by atoms with van der Waals surface area (Å²) in [6.45, 7) is 2.01. The first-order valence-electron chi connectivity index (χ1n) is 8.77. The molecule has 4 rings (SSSR count). The quantitative estimate of drug-likeness (QED) is 0.720. The molecule has 1 aliphatic heterocycles. The molecule has 3 aromatic rings. The van der Waals surface area contributed by atoms with Crippen molar-refractivity contribution in [3.05, 3.63) is 77.9 Å². The first-order chi connectivity index (χ1) is 13.0. The lowest BCUT2D eigenvalue weighted by molar-refractivity contribution is -0.131. The van der Waals surface area contributed by atoms with Gasteiger partial charge >= 0.3 is 6.03 Å². The first-order valence-corrected chi connectivity index (χ1v) is 8.77. The molecule has 3 aromatic carbocycles. The predicted octanol–water partition coefficient (Wildman–Crippen LogP) is 3.82. The fourth-order valence-electron chi connectivity index (χ4n) is 3.46. The van der Waals surface area contributed by atoms with E-state index in [4.69, 9.17) is 4.74 Å². The number of ether oxygens (including phenoxy) is 1. The minimum absolute atomic E-state index is 0.246. The summed E-state index contributed by atoms with van der Waals surface area (Å²) in [4.78, 5) is 26.9. The van der Waals surface area contributed by atoms with Crippen LogP contribution in [0.2, 0.25) is 0 Å². The lowest BCUT2D eigenvalue weighted by atomic mass is 9.90. The molecule has 1 atom stereocenters. The molecule has 1 heterocycles. The van der Waals surface area contributed by atoms with Gasteiger partial charge in [0.05, 0.1) is 13.7 Å². The molecule has 1 saturated heterocycles. The highest BCUT2D eigenvalue weighted by molar-refractivity contribution is 6.07. The molecule has 1 unspecified atom stereocenters. The zero-order valence-corrected chi connectivity index (χ0v) is 15.2. The number of carbonyl (C=O) groups excluding carboxylic acids is 2. The monoisotopic (exact) mass is 360 g/mol. The van der Waals surface area contributed by atoms with Gasteiger partial charge in [0, 0.05) is 0 Å². The smallest absolute Gasteiger partial charge is 0.325 e. The number of benzene rings is 3. The van der Waals surface area contributed by atoms with Gasteiger partial charge in [-0.15, -0.1) is 0 Å². The van der Waals surface area contributed by atoms with Gasteiger partial charge in [0.15, 0.2) is 0 Å². The summed E-state index contributed by atoms with van der Waals surface area (Å²) < 4.78 is 5.26. The molecule has 136 valence electrons. The third-order valence-corrected chi connectivity index (χ3v) is 5.08. The SMILES string of the molecule is COc1ccc2cc(C3(C)NC(=O)N(Cc4ccccc4)C3=O)ccc2c1. The van der Waals surface area contributed by atoms with Crippen molar-refractivity contribution < 1.29 is 14.3 Å². The van der Waals surface area contributed by atoms with Gasteiger partial charge in [-0.05, 0) is 47.0 Å². The number of imide groups is 1. The summed E-state index contributed by atoms with van der Waals surface area (Å²) >= 11 is 0. The van der Waals surface area contributed by atoms with Crippen molar-refractivity contribution >= 4 is 22.7 Å². The molecule has 0 radical (unpaired) electrons. The molecule has 0 spiro atoms. The summed E-state index contributed by atoms with van der Waals surface area (Å²) in [7, 11) is 1.63. The molecule has 1 aliphatic rings. The number of fused-ring (bicyclic) bond motifs is 1. The highest BCUT2D eigenvalue weighted by Gasteiger charge is 2.48. The van der Waals surface area contributed by atoms with E-state index in [0.717, 1.165) is 27.6 Å². The number of urea groups is 1. The van der Waals surface area contributed by atoms with Crippen molar-refractivity contribution in [1.29, 1.82) is 0 Å². The molecule has 5 heteroatoms. The van der Waals surface area contributed by atoms with Crippen LogP contribution in [0.25, 0.3) is 10.8 Å². The van der Waals surface area contributed by atoms with Gasteiger partial charge in [-0.1, -0.05) is 48.5 Å². The average Bonchev–Trinajstić information content (AvgIpc) is 2.92. The highest BCUT2D eigenvalue weighted by atomic mass is 16.5. The van der Waals surface area contributed by atoms with E-state index in [2.05, 4.69) is 5.32 Å². The van der Waals surface area contributed by atoms with Crippen LogP contribution >= 0.6 is 0 Å².